The normalized spacial score (nSPS) is 25.4. The van der Waals surface area contributed by atoms with Gasteiger partial charge in [0.25, 0.3) is 5.69 Å². The van der Waals surface area contributed by atoms with Gasteiger partial charge in [0.2, 0.25) is 5.91 Å². The fraction of sp³-hybridized carbons (Fsp3) is 0.263. The third-order valence-corrected chi connectivity index (χ3v) is 5.04. The van der Waals surface area contributed by atoms with Crippen LogP contribution in [0.4, 0.5) is 11.4 Å². The Labute approximate surface area is 159 Å². The zero-order valence-corrected chi connectivity index (χ0v) is 14.9. The Balaban J connectivity index is 1.95. The molecule has 0 aromatic heterocycles. The zero-order chi connectivity index (χ0) is 19.9. The average molecular weight is 383 g/mol. The SMILES string of the molecule is CCOC(=O)[C@@H]1ONC2(c3ccccc3)c3cc([N+](=O)[O-])ccc3NC(=O)[C@@H]12. The van der Waals surface area contributed by atoms with Crippen molar-refractivity contribution < 1.29 is 24.1 Å². The molecule has 0 spiro atoms. The number of benzene rings is 2. The predicted molar refractivity (Wildman–Crippen MR) is 97.1 cm³/mol. The van der Waals surface area contributed by atoms with E-state index < -0.39 is 34.4 Å². The van der Waals surface area contributed by atoms with E-state index >= 15 is 0 Å². The number of rotatable bonds is 4. The van der Waals surface area contributed by atoms with Crippen molar-refractivity contribution in [3.63, 3.8) is 0 Å². The molecule has 2 aliphatic heterocycles. The first-order chi connectivity index (χ1) is 13.5. The number of amides is 1. The van der Waals surface area contributed by atoms with Crippen molar-refractivity contribution >= 4 is 23.3 Å². The molecule has 2 aromatic rings. The van der Waals surface area contributed by atoms with E-state index in [0.717, 1.165) is 0 Å². The number of hydrogen-bond donors (Lipinski definition) is 2. The van der Waals surface area contributed by atoms with Crippen LogP contribution in [0.3, 0.4) is 0 Å². The molecule has 1 amide bonds. The van der Waals surface area contributed by atoms with Crippen molar-refractivity contribution in [3.05, 3.63) is 69.8 Å². The minimum atomic E-state index is -1.28. The number of anilines is 1. The van der Waals surface area contributed by atoms with Crippen LogP contribution in [0.2, 0.25) is 0 Å². The van der Waals surface area contributed by atoms with Crippen molar-refractivity contribution in [1.29, 1.82) is 0 Å². The molecule has 1 unspecified atom stereocenters. The van der Waals surface area contributed by atoms with Crippen molar-refractivity contribution in [2.45, 2.75) is 18.6 Å². The number of carbonyl (C=O) groups is 2. The smallest absolute Gasteiger partial charge is 0.338 e. The summed E-state index contributed by atoms with van der Waals surface area (Å²) in [5.41, 5.74) is 2.94. The van der Waals surface area contributed by atoms with E-state index in [-0.39, 0.29) is 12.3 Å². The highest BCUT2D eigenvalue weighted by Crippen LogP contribution is 2.50. The molecule has 0 aliphatic carbocycles. The number of nitro benzene ring substituents is 1. The number of nitrogens with zero attached hydrogens (tertiary/aromatic N) is 1. The molecule has 9 heteroatoms. The summed E-state index contributed by atoms with van der Waals surface area (Å²) in [6.07, 6.45) is -1.20. The summed E-state index contributed by atoms with van der Waals surface area (Å²) in [6, 6.07) is 13.1. The molecular weight excluding hydrogens is 366 g/mol. The fourth-order valence-electron chi connectivity index (χ4n) is 3.87. The van der Waals surface area contributed by atoms with Crippen LogP contribution in [0.5, 0.6) is 0 Å². The third-order valence-electron chi connectivity index (χ3n) is 5.04. The van der Waals surface area contributed by atoms with Gasteiger partial charge in [-0.15, -0.1) is 0 Å². The Bertz CT molecular complexity index is 963. The van der Waals surface area contributed by atoms with Crippen LogP contribution in [0.1, 0.15) is 18.1 Å². The lowest BCUT2D eigenvalue weighted by molar-refractivity contribution is -0.385. The molecule has 0 bridgehead atoms. The number of nitrogens with one attached hydrogen (secondary N) is 2. The van der Waals surface area contributed by atoms with Gasteiger partial charge in [-0.1, -0.05) is 30.3 Å². The first-order valence-corrected chi connectivity index (χ1v) is 8.73. The van der Waals surface area contributed by atoms with E-state index in [1.165, 1.54) is 18.2 Å². The van der Waals surface area contributed by atoms with Gasteiger partial charge in [0.05, 0.1) is 11.5 Å². The molecule has 1 fully saturated rings. The molecule has 2 N–H and O–H groups in total. The maximum Gasteiger partial charge on any atom is 0.338 e. The lowest BCUT2D eigenvalue weighted by atomic mass is 9.69. The highest BCUT2D eigenvalue weighted by molar-refractivity contribution is 6.01. The monoisotopic (exact) mass is 383 g/mol. The van der Waals surface area contributed by atoms with Gasteiger partial charge in [-0.3, -0.25) is 19.7 Å². The summed E-state index contributed by atoms with van der Waals surface area (Å²) in [6.45, 7) is 1.79. The van der Waals surface area contributed by atoms with Crippen molar-refractivity contribution in [3.8, 4) is 0 Å². The standard InChI is InChI=1S/C19H17N3O6/c1-2-27-18(24)16-15-17(23)20-14-9-8-12(22(25)26)10-13(14)19(15,21-28-16)11-6-4-3-5-7-11/h3-10,15-16,21H,2H2,1H3,(H,20,23)/t15-,16-,19?/m1/s1. The second-order valence-corrected chi connectivity index (χ2v) is 6.52. The first kappa shape index (κ1) is 18.1. The topological polar surface area (TPSA) is 120 Å². The Kier molecular flexibility index (Phi) is 4.33. The maximum atomic E-state index is 13.0. The van der Waals surface area contributed by atoms with Gasteiger partial charge in [-0.25, -0.2) is 4.79 Å². The van der Waals surface area contributed by atoms with Gasteiger partial charge in [0.15, 0.2) is 6.10 Å². The average Bonchev–Trinajstić information content (AvgIpc) is 3.11. The van der Waals surface area contributed by atoms with E-state index in [1.807, 2.05) is 6.07 Å². The summed E-state index contributed by atoms with van der Waals surface area (Å²) >= 11 is 0. The van der Waals surface area contributed by atoms with Gasteiger partial charge in [-0.2, -0.15) is 5.48 Å². The van der Waals surface area contributed by atoms with Crippen LogP contribution in [0, 0.1) is 16.0 Å². The summed E-state index contributed by atoms with van der Waals surface area (Å²) in [4.78, 5) is 41.8. The van der Waals surface area contributed by atoms with Gasteiger partial charge >= 0.3 is 5.97 Å². The van der Waals surface area contributed by atoms with Crippen LogP contribution < -0.4 is 10.8 Å². The van der Waals surface area contributed by atoms with Crippen molar-refractivity contribution in [2.24, 2.45) is 5.92 Å². The number of hydrogen-bond acceptors (Lipinski definition) is 7. The molecular formula is C19H17N3O6. The van der Waals surface area contributed by atoms with Gasteiger partial charge in [0, 0.05) is 23.4 Å². The Morgan fingerprint density at radius 2 is 2.04 bits per heavy atom. The quantitative estimate of drug-likeness (QED) is 0.470. The van der Waals surface area contributed by atoms with Gasteiger partial charge in [0.1, 0.15) is 11.5 Å². The molecule has 28 heavy (non-hydrogen) atoms. The second-order valence-electron chi connectivity index (χ2n) is 6.52. The Hall–Kier alpha value is -3.30. The molecule has 4 rings (SSSR count). The van der Waals surface area contributed by atoms with E-state index in [9.17, 15) is 19.7 Å². The number of nitro groups is 1. The zero-order valence-electron chi connectivity index (χ0n) is 14.9. The predicted octanol–water partition coefficient (Wildman–Crippen LogP) is 1.87. The van der Waals surface area contributed by atoms with Gasteiger partial charge < -0.3 is 10.1 Å². The number of hydroxylamine groups is 1. The van der Waals surface area contributed by atoms with Crippen LogP contribution in [0.15, 0.2) is 48.5 Å². The maximum absolute atomic E-state index is 13.0. The highest BCUT2D eigenvalue weighted by Gasteiger charge is 2.61. The minimum absolute atomic E-state index is 0.132. The van der Waals surface area contributed by atoms with Crippen LogP contribution in [-0.2, 0) is 24.7 Å². The summed E-state index contributed by atoms with van der Waals surface area (Å²) in [7, 11) is 0. The molecule has 2 heterocycles. The number of fused-ring (bicyclic) bond motifs is 3. The summed E-state index contributed by atoms with van der Waals surface area (Å²) in [5, 5.41) is 14.1. The Morgan fingerprint density at radius 3 is 2.71 bits per heavy atom. The van der Waals surface area contributed by atoms with Crippen LogP contribution in [-0.4, -0.2) is 29.5 Å². The highest BCUT2D eigenvalue weighted by atomic mass is 16.7. The van der Waals surface area contributed by atoms with Crippen LogP contribution >= 0.6 is 0 Å². The second kappa shape index (κ2) is 6.70. The molecule has 144 valence electrons. The summed E-state index contributed by atoms with van der Waals surface area (Å²) < 4.78 is 5.06. The number of ether oxygens (including phenoxy) is 1. The molecule has 2 aliphatic rings. The molecule has 9 nitrogen and oxygen atoms in total. The third kappa shape index (κ3) is 2.55. The van der Waals surface area contributed by atoms with E-state index in [0.29, 0.717) is 16.8 Å². The molecule has 1 saturated heterocycles. The number of carbonyl (C=O) groups excluding carboxylic acids is 2. The van der Waals surface area contributed by atoms with Crippen LogP contribution in [0.25, 0.3) is 0 Å². The first-order valence-electron chi connectivity index (χ1n) is 8.73. The van der Waals surface area contributed by atoms with E-state index in [1.54, 1.807) is 31.2 Å². The fourth-order valence-corrected chi connectivity index (χ4v) is 3.87. The number of non-ortho nitro benzene ring substituents is 1. The summed E-state index contributed by atoms with van der Waals surface area (Å²) in [5.74, 6) is -2.13. The van der Waals surface area contributed by atoms with Crippen molar-refractivity contribution in [1.82, 2.24) is 5.48 Å². The largest absolute Gasteiger partial charge is 0.464 e. The molecule has 2 aromatic carbocycles. The number of esters is 1. The molecule has 0 radical (unpaired) electrons. The molecule has 0 saturated carbocycles. The van der Waals surface area contributed by atoms with E-state index in [4.69, 9.17) is 9.57 Å². The van der Waals surface area contributed by atoms with Crippen molar-refractivity contribution in [2.75, 3.05) is 11.9 Å². The lowest BCUT2D eigenvalue weighted by Crippen LogP contribution is -2.53. The van der Waals surface area contributed by atoms with E-state index in [2.05, 4.69) is 10.8 Å². The van der Waals surface area contributed by atoms with Gasteiger partial charge in [-0.05, 0) is 18.6 Å². The lowest BCUT2D eigenvalue weighted by Gasteiger charge is -2.39. The minimum Gasteiger partial charge on any atom is -0.464 e. The Morgan fingerprint density at radius 1 is 1.29 bits per heavy atom. The molecule has 3 atom stereocenters.